The Bertz CT molecular complexity index is 912. The number of rotatable bonds is 5. The van der Waals surface area contributed by atoms with Crippen molar-refractivity contribution in [2.75, 3.05) is 6.54 Å². The van der Waals surface area contributed by atoms with Crippen LogP contribution >= 0.6 is 0 Å². The van der Waals surface area contributed by atoms with Gasteiger partial charge in [-0.1, -0.05) is 78.6 Å². The zero-order valence-electron chi connectivity index (χ0n) is 17.3. The van der Waals surface area contributed by atoms with E-state index in [-0.39, 0.29) is 5.54 Å². The fraction of sp³-hybridized carbons (Fsp3) is 0.269. The van der Waals surface area contributed by atoms with E-state index in [0.29, 0.717) is 12.1 Å². The van der Waals surface area contributed by atoms with Gasteiger partial charge in [-0.05, 0) is 32.4 Å². The smallest absolute Gasteiger partial charge is 0.178 e. The third-order valence-corrected chi connectivity index (χ3v) is 4.98. The Labute approximate surface area is 174 Å². The predicted molar refractivity (Wildman–Crippen MR) is 118 cm³/mol. The first kappa shape index (κ1) is 20.8. The summed E-state index contributed by atoms with van der Waals surface area (Å²) in [7, 11) is 0. The van der Waals surface area contributed by atoms with Gasteiger partial charge in [0, 0.05) is 35.6 Å². The minimum Gasteiger partial charge on any atom is -0.369 e. The van der Waals surface area contributed by atoms with Crippen LogP contribution in [0.2, 0.25) is 0 Å². The molecule has 0 saturated carbocycles. The summed E-state index contributed by atoms with van der Waals surface area (Å²) in [6, 6.07) is 23.6. The summed E-state index contributed by atoms with van der Waals surface area (Å²) in [4.78, 5) is 6.49. The summed E-state index contributed by atoms with van der Waals surface area (Å²) < 4.78 is 0. The molecule has 0 bridgehead atoms. The van der Waals surface area contributed by atoms with Crippen LogP contribution in [-0.2, 0) is 12.1 Å². The summed E-state index contributed by atoms with van der Waals surface area (Å²) in [6.07, 6.45) is 3.37. The lowest BCUT2D eigenvalue weighted by molar-refractivity contribution is 0.140. The van der Waals surface area contributed by atoms with Crippen LogP contribution in [0.1, 0.15) is 37.5 Å². The van der Waals surface area contributed by atoms with E-state index in [1.165, 1.54) is 5.56 Å². The van der Waals surface area contributed by atoms with Gasteiger partial charge in [-0.15, -0.1) is 0 Å². The Morgan fingerprint density at radius 3 is 2.07 bits per heavy atom. The van der Waals surface area contributed by atoms with Gasteiger partial charge >= 0.3 is 0 Å². The SMILES string of the molecule is CC(C)(C)N(CC#CC(O)(c1ccccc1)c1cccnc1)Cc1ccccc1. The molecule has 0 saturated heterocycles. The lowest BCUT2D eigenvalue weighted by Crippen LogP contribution is -2.41. The average Bonchev–Trinajstić information content (AvgIpc) is 2.74. The average molecular weight is 385 g/mol. The van der Waals surface area contributed by atoms with Crippen molar-refractivity contribution in [3.05, 3.63) is 102 Å². The lowest BCUT2D eigenvalue weighted by atomic mass is 9.88. The maximum absolute atomic E-state index is 11.5. The number of nitrogens with zero attached hydrogens (tertiary/aromatic N) is 2. The summed E-state index contributed by atoms with van der Waals surface area (Å²) in [5, 5.41) is 11.5. The fourth-order valence-corrected chi connectivity index (χ4v) is 3.16. The third kappa shape index (κ3) is 5.32. The molecule has 2 aromatic carbocycles. The molecular formula is C26H28N2O. The number of pyridine rings is 1. The number of aromatic nitrogens is 1. The molecule has 3 aromatic rings. The summed E-state index contributed by atoms with van der Waals surface area (Å²) in [6.45, 7) is 7.90. The molecule has 0 fully saturated rings. The van der Waals surface area contributed by atoms with E-state index >= 15 is 0 Å². The maximum atomic E-state index is 11.5. The molecular weight excluding hydrogens is 356 g/mol. The highest BCUT2D eigenvalue weighted by Crippen LogP contribution is 2.28. The summed E-state index contributed by atoms with van der Waals surface area (Å²) in [5.41, 5.74) is 1.21. The molecule has 3 rings (SSSR count). The number of hydrogen-bond donors (Lipinski definition) is 1. The largest absolute Gasteiger partial charge is 0.369 e. The van der Waals surface area contributed by atoms with Crippen molar-refractivity contribution >= 4 is 0 Å². The monoisotopic (exact) mass is 384 g/mol. The van der Waals surface area contributed by atoms with Crippen LogP contribution in [0.4, 0.5) is 0 Å². The van der Waals surface area contributed by atoms with Crippen molar-refractivity contribution < 1.29 is 5.11 Å². The standard InChI is InChI=1S/C26H28N2O/c1-25(2,3)28(21-22-12-6-4-7-13-22)19-11-17-26(29,23-14-8-5-9-15-23)24-16-10-18-27-20-24/h4-10,12-16,18,20,29H,19,21H2,1-3H3. The van der Waals surface area contributed by atoms with Gasteiger partial charge in [0.1, 0.15) is 0 Å². The molecule has 1 unspecified atom stereocenters. The van der Waals surface area contributed by atoms with Crippen LogP contribution in [0.25, 0.3) is 0 Å². The Hall–Kier alpha value is -2.93. The van der Waals surface area contributed by atoms with Gasteiger partial charge in [0.2, 0.25) is 0 Å². The van der Waals surface area contributed by atoms with Gasteiger partial charge in [0.25, 0.3) is 0 Å². The molecule has 1 heterocycles. The third-order valence-electron chi connectivity index (χ3n) is 4.98. The molecule has 148 valence electrons. The zero-order valence-corrected chi connectivity index (χ0v) is 17.3. The number of benzene rings is 2. The molecule has 0 spiro atoms. The first-order chi connectivity index (χ1) is 13.9. The van der Waals surface area contributed by atoms with Crippen molar-refractivity contribution in [2.24, 2.45) is 0 Å². The zero-order chi connectivity index (χ0) is 20.7. The minimum absolute atomic E-state index is 0.0519. The molecule has 1 aromatic heterocycles. The van der Waals surface area contributed by atoms with Gasteiger partial charge in [0.15, 0.2) is 5.60 Å². The van der Waals surface area contributed by atoms with E-state index in [1.807, 2.05) is 48.5 Å². The van der Waals surface area contributed by atoms with Gasteiger partial charge in [-0.25, -0.2) is 0 Å². The second-order valence-corrected chi connectivity index (χ2v) is 8.13. The second kappa shape index (κ2) is 9.05. The first-order valence-electron chi connectivity index (χ1n) is 9.87. The Morgan fingerprint density at radius 2 is 1.48 bits per heavy atom. The number of aliphatic hydroxyl groups is 1. The molecule has 3 heteroatoms. The van der Waals surface area contributed by atoms with Crippen LogP contribution in [0.3, 0.4) is 0 Å². The van der Waals surface area contributed by atoms with Crippen molar-refractivity contribution in [3.8, 4) is 11.8 Å². The lowest BCUT2D eigenvalue weighted by Gasteiger charge is -2.34. The normalized spacial score (nSPS) is 13.4. The van der Waals surface area contributed by atoms with Crippen LogP contribution in [0.15, 0.2) is 85.2 Å². The molecule has 1 N–H and O–H groups in total. The van der Waals surface area contributed by atoms with E-state index in [0.717, 1.165) is 12.1 Å². The van der Waals surface area contributed by atoms with E-state index < -0.39 is 5.60 Å². The fourth-order valence-electron chi connectivity index (χ4n) is 3.16. The quantitative estimate of drug-likeness (QED) is 0.652. The first-order valence-corrected chi connectivity index (χ1v) is 9.87. The second-order valence-electron chi connectivity index (χ2n) is 8.13. The van der Waals surface area contributed by atoms with Crippen LogP contribution in [-0.4, -0.2) is 27.1 Å². The summed E-state index contributed by atoms with van der Waals surface area (Å²) >= 11 is 0. The molecule has 0 amide bonds. The molecule has 0 aliphatic rings. The van der Waals surface area contributed by atoms with Crippen molar-refractivity contribution in [1.82, 2.24) is 9.88 Å². The molecule has 0 radical (unpaired) electrons. The van der Waals surface area contributed by atoms with Gasteiger partial charge in [0.05, 0.1) is 6.54 Å². The van der Waals surface area contributed by atoms with E-state index in [4.69, 9.17) is 0 Å². The topological polar surface area (TPSA) is 36.4 Å². The highest BCUT2D eigenvalue weighted by molar-refractivity contribution is 5.43. The van der Waals surface area contributed by atoms with Gasteiger partial charge < -0.3 is 5.11 Å². The van der Waals surface area contributed by atoms with Gasteiger partial charge in [-0.3, -0.25) is 9.88 Å². The predicted octanol–water partition coefficient (Wildman–Crippen LogP) is 4.62. The minimum atomic E-state index is -1.40. The molecule has 29 heavy (non-hydrogen) atoms. The highest BCUT2D eigenvalue weighted by atomic mass is 16.3. The number of hydrogen-bond acceptors (Lipinski definition) is 3. The van der Waals surface area contributed by atoms with E-state index in [2.05, 4.69) is 66.8 Å². The van der Waals surface area contributed by atoms with E-state index in [9.17, 15) is 5.11 Å². The van der Waals surface area contributed by atoms with Gasteiger partial charge in [-0.2, -0.15) is 0 Å². The Morgan fingerprint density at radius 1 is 0.862 bits per heavy atom. The molecule has 1 atom stereocenters. The molecule has 3 nitrogen and oxygen atoms in total. The van der Waals surface area contributed by atoms with Crippen molar-refractivity contribution in [2.45, 2.75) is 38.5 Å². The highest BCUT2D eigenvalue weighted by Gasteiger charge is 2.30. The van der Waals surface area contributed by atoms with Crippen molar-refractivity contribution in [3.63, 3.8) is 0 Å². The molecule has 0 aliphatic heterocycles. The van der Waals surface area contributed by atoms with Crippen LogP contribution < -0.4 is 0 Å². The van der Waals surface area contributed by atoms with Crippen LogP contribution in [0.5, 0.6) is 0 Å². The van der Waals surface area contributed by atoms with Crippen LogP contribution in [0, 0.1) is 11.8 Å². The van der Waals surface area contributed by atoms with E-state index in [1.54, 1.807) is 12.4 Å². The Kier molecular flexibility index (Phi) is 6.49. The Balaban J connectivity index is 1.90. The molecule has 0 aliphatic carbocycles. The summed E-state index contributed by atoms with van der Waals surface area (Å²) in [5.74, 6) is 6.39. The van der Waals surface area contributed by atoms with Crippen molar-refractivity contribution in [1.29, 1.82) is 0 Å². The maximum Gasteiger partial charge on any atom is 0.178 e.